The number of hydrogen-bond acceptors (Lipinski definition) is 2. The first kappa shape index (κ1) is 13.3. The summed E-state index contributed by atoms with van der Waals surface area (Å²) in [6.45, 7) is 5.21. The summed E-state index contributed by atoms with van der Waals surface area (Å²) < 4.78 is 2.35. The smallest absolute Gasteiger partial charge is 0.127 e. The van der Waals surface area contributed by atoms with E-state index < -0.39 is 0 Å². The lowest BCUT2D eigenvalue weighted by atomic mass is 10.2. The Morgan fingerprint density at radius 1 is 1.53 bits per heavy atom. The maximum absolute atomic E-state index is 6.33. The van der Waals surface area contributed by atoms with Crippen molar-refractivity contribution in [2.75, 3.05) is 5.75 Å². The van der Waals surface area contributed by atoms with Gasteiger partial charge in [0.1, 0.15) is 5.82 Å². The lowest BCUT2D eigenvalue weighted by Crippen LogP contribution is -2.13. The first-order valence-corrected chi connectivity index (χ1v) is 8.36. The van der Waals surface area contributed by atoms with E-state index >= 15 is 0 Å². The van der Waals surface area contributed by atoms with Crippen molar-refractivity contribution in [1.82, 2.24) is 9.55 Å². The van der Waals surface area contributed by atoms with Crippen molar-refractivity contribution >= 4 is 34.4 Å². The summed E-state index contributed by atoms with van der Waals surface area (Å²) in [7, 11) is 0. The molecule has 2 aromatic rings. The summed E-state index contributed by atoms with van der Waals surface area (Å²) >= 11 is 8.41. The van der Waals surface area contributed by atoms with Crippen LogP contribution in [0.25, 0.3) is 11.0 Å². The number of thioether (sulfide) groups is 1. The minimum Gasteiger partial charge on any atom is -0.325 e. The van der Waals surface area contributed by atoms with Crippen LogP contribution in [0.1, 0.15) is 36.5 Å². The van der Waals surface area contributed by atoms with Gasteiger partial charge in [-0.25, -0.2) is 4.98 Å². The second-order valence-electron chi connectivity index (χ2n) is 5.27. The second kappa shape index (κ2) is 5.37. The van der Waals surface area contributed by atoms with Gasteiger partial charge in [0.2, 0.25) is 0 Å². The van der Waals surface area contributed by atoms with Gasteiger partial charge in [-0.05, 0) is 44.1 Å². The minimum absolute atomic E-state index is 0.0433. The maximum atomic E-state index is 6.33. The van der Waals surface area contributed by atoms with Gasteiger partial charge in [-0.15, -0.1) is 11.6 Å². The predicted octanol–water partition coefficient (Wildman–Crippen LogP) is 4.54. The number of halogens is 1. The number of fused-ring (bicyclic) bond motifs is 1. The van der Waals surface area contributed by atoms with Crippen molar-refractivity contribution < 1.29 is 0 Å². The molecule has 19 heavy (non-hydrogen) atoms. The Bertz CT molecular complexity index is 585. The highest BCUT2D eigenvalue weighted by atomic mass is 35.5. The molecule has 0 saturated carbocycles. The van der Waals surface area contributed by atoms with Gasteiger partial charge in [0.15, 0.2) is 0 Å². The van der Waals surface area contributed by atoms with Gasteiger partial charge in [-0.1, -0.05) is 12.1 Å². The number of nitrogens with zero attached hydrogens (tertiary/aromatic N) is 2. The van der Waals surface area contributed by atoms with Crippen molar-refractivity contribution in [3.8, 4) is 0 Å². The molecule has 1 aliphatic rings. The molecule has 0 aliphatic carbocycles. The number of hydrogen-bond donors (Lipinski definition) is 0. The highest BCUT2D eigenvalue weighted by molar-refractivity contribution is 8.00. The first-order valence-electron chi connectivity index (χ1n) is 6.88. The van der Waals surface area contributed by atoms with Crippen LogP contribution < -0.4 is 0 Å². The van der Waals surface area contributed by atoms with Crippen molar-refractivity contribution in [1.29, 1.82) is 0 Å². The van der Waals surface area contributed by atoms with E-state index in [1.165, 1.54) is 29.7 Å². The van der Waals surface area contributed by atoms with Gasteiger partial charge >= 0.3 is 0 Å². The highest BCUT2D eigenvalue weighted by Crippen LogP contribution is 2.32. The predicted molar refractivity (Wildman–Crippen MR) is 84.2 cm³/mol. The lowest BCUT2D eigenvalue weighted by Gasteiger charge is -2.15. The van der Waals surface area contributed by atoms with E-state index in [0.29, 0.717) is 5.25 Å². The Labute approximate surface area is 123 Å². The Morgan fingerprint density at radius 2 is 2.37 bits per heavy atom. The molecule has 0 spiro atoms. The molecule has 1 aromatic carbocycles. The van der Waals surface area contributed by atoms with Crippen molar-refractivity contribution in [2.24, 2.45) is 0 Å². The highest BCUT2D eigenvalue weighted by Gasteiger charge is 2.21. The summed E-state index contributed by atoms with van der Waals surface area (Å²) in [5, 5.41) is 0.671. The van der Waals surface area contributed by atoms with E-state index in [1.54, 1.807) is 0 Å². The van der Waals surface area contributed by atoms with E-state index in [9.17, 15) is 0 Å². The monoisotopic (exact) mass is 294 g/mol. The van der Waals surface area contributed by atoms with E-state index in [2.05, 4.69) is 41.5 Å². The van der Waals surface area contributed by atoms with Crippen LogP contribution >= 0.6 is 23.4 Å². The molecule has 2 heterocycles. The van der Waals surface area contributed by atoms with E-state index in [4.69, 9.17) is 16.6 Å². The molecule has 0 radical (unpaired) electrons. The Balaban J connectivity index is 2.09. The molecule has 0 amide bonds. The van der Waals surface area contributed by atoms with Crippen molar-refractivity contribution in [2.45, 2.75) is 43.9 Å². The third kappa shape index (κ3) is 2.50. The molecule has 102 valence electrons. The van der Waals surface area contributed by atoms with Crippen LogP contribution in [0.3, 0.4) is 0 Å². The third-order valence-electron chi connectivity index (χ3n) is 3.76. The SMILES string of the molecule is Cc1cccc2nc(C(C)Cl)n(CC3CCCS3)c12. The summed E-state index contributed by atoms with van der Waals surface area (Å²) in [4.78, 5) is 4.74. The Morgan fingerprint density at radius 3 is 3.05 bits per heavy atom. The maximum Gasteiger partial charge on any atom is 0.127 e. The zero-order chi connectivity index (χ0) is 13.4. The van der Waals surface area contributed by atoms with Gasteiger partial charge in [0.25, 0.3) is 0 Å². The van der Waals surface area contributed by atoms with E-state index in [0.717, 1.165) is 17.9 Å². The first-order chi connectivity index (χ1) is 9.16. The summed E-state index contributed by atoms with van der Waals surface area (Å²) in [5.41, 5.74) is 3.62. The Kier molecular flexibility index (Phi) is 3.77. The normalized spacial score (nSPS) is 21.1. The van der Waals surface area contributed by atoms with Gasteiger partial charge in [-0.2, -0.15) is 11.8 Å². The molecular formula is C15H19ClN2S. The topological polar surface area (TPSA) is 17.8 Å². The molecule has 4 heteroatoms. The molecular weight excluding hydrogens is 276 g/mol. The van der Waals surface area contributed by atoms with Gasteiger partial charge in [-0.3, -0.25) is 0 Å². The van der Waals surface area contributed by atoms with Gasteiger partial charge < -0.3 is 4.57 Å². The average Bonchev–Trinajstić information content (AvgIpc) is 2.98. The van der Waals surface area contributed by atoms with Crippen molar-refractivity contribution in [3.63, 3.8) is 0 Å². The van der Waals surface area contributed by atoms with Crippen LogP contribution in [0.4, 0.5) is 0 Å². The molecule has 2 unspecified atom stereocenters. The summed E-state index contributed by atoms with van der Waals surface area (Å²) in [6, 6.07) is 6.32. The van der Waals surface area contributed by atoms with Crippen LogP contribution in [0.5, 0.6) is 0 Å². The fourth-order valence-electron chi connectivity index (χ4n) is 2.86. The minimum atomic E-state index is -0.0433. The molecule has 1 aliphatic heterocycles. The molecule has 1 aromatic heterocycles. The molecule has 2 atom stereocenters. The zero-order valence-electron chi connectivity index (χ0n) is 11.4. The van der Waals surface area contributed by atoms with E-state index in [1.807, 2.05) is 6.92 Å². The lowest BCUT2D eigenvalue weighted by molar-refractivity contribution is 0.622. The largest absolute Gasteiger partial charge is 0.325 e. The van der Waals surface area contributed by atoms with Crippen LogP contribution in [0, 0.1) is 6.92 Å². The number of aromatic nitrogens is 2. The van der Waals surface area contributed by atoms with Gasteiger partial charge in [0.05, 0.1) is 16.4 Å². The number of alkyl halides is 1. The molecule has 3 rings (SSSR count). The van der Waals surface area contributed by atoms with Crippen LogP contribution in [0.15, 0.2) is 18.2 Å². The molecule has 0 N–H and O–H groups in total. The fourth-order valence-corrected chi connectivity index (χ4v) is 4.28. The number of benzene rings is 1. The number of para-hydroxylation sites is 1. The van der Waals surface area contributed by atoms with Gasteiger partial charge in [0, 0.05) is 11.8 Å². The van der Waals surface area contributed by atoms with Crippen molar-refractivity contribution in [3.05, 3.63) is 29.6 Å². The third-order valence-corrected chi connectivity index (χ3v) is 5.34. The zero-order valence-corrected chi connectivity index (χ0v) is 13.0. The molecule has 1 fully saturated rings. The van der Waals surface area contributed by atoms with Crippen LogP contribution in [-0.2, 0) is 6.54 Å². The fraction of sp³-hybridized carbons (Fsp3) is 0.533. The van der Waals surface area contributed by atoms with Crippen LogP contribution in [-0.4, -0.2) is 20.6 Å². The quantitative estimate of drug-likeness (QED) is 0.774. The standard InChI is InChI=1S/C15H19ClN2S/c1-10-5-3-7-13-14(10)18(15(17-13)11(2)16)9-12-6-4-8-19-12/h3,5,7,11-12H,4,6,8-9H2,1-2H3. The second-order valence-corrected chi connectivity index (χ2v) is 7.34. The molecule has 1 saturated heterocycles. The van der Waals surface area contributed by atoms with Crippen LogP contribution in [0.2, 0.25) is 0 Å². The summed E-state index contributed by atoms with van der Waals surface area (Å²) in [6.07, 6.45) is 2.65. The molecule has 2 nitrogen and oxygen atoms in total. The molecule has 0 bridgehead atoms. The summed E-state index contributed by atoms with van der Waals surface area (Å²) in [5.74, 6) is 2.31. The van der Waals surface area contributed by atoms with E-state index in [-0.39, 0.29) is 5.38 Å². The number of imidazole rings is 1. The average molecular weight is 295 g/mol. The Hall–Kier alpha value is -0.670. The number of rotatable bonds is 3. The number of aryl methyl sites for hydroxylation is 1.